The summed E-state index contributed by atoms with van der Waals surface area (Å²) in [6, 6.07) is 0. The summed E-state index contributed by atoms with van der Waals surface area (Å²) in [5, 5.41) is 0. The molecule has 0 saturated carbocycles. The summed E-state index contributed by atoms with van der Waals surface area (Å²) in [7, 11) is -9.13. The number of phosphoric acid groups is 1. The van der Waals surface area contributed by atoms with Crippen LogP contribution < -0.4 is 0 Å². The van der Waals surface area contributed by atoms with Gasteiger partial charge in [0.1, 0.15) is 0 Å². The zero-order valence-electron chi connectivity index (χ0n) is 8.07. The predicted molar refractivity (Wildman–Crippen MR) is 56.4 cm³/mol. The molecule has 15 heavy (non-hydrogen) atoms. The third kappa shape index (κ3) is 8.75. The van der Waals surface area contributed by atoms with E-state index in [1.54, 1.807) is 0 Å². The topological polar surface area (TPSA) is 104 Å². The summed E-state index contributed by atoms with van der Waals surface area (Å²) in [6.07, 6.45) is 1.86. The van der Waals surface area contributed by atoms with E-state index in [-0.39, 0.29) is 12.6 Å². The van der Waals surface area contributed by atoms with Crippen molar-refractivity contribution in [2.45, 2.75) is 12.8 Å². The van der Waals surface area contributed by atoms with Gasteiger partial charge < -0.3 is 14.7 Å². The van der Waals surface area contributed by atoms with Crippen LogP contribution in [0.1, 0.15) is 12.8 Å². The third-order valence-electron chi connectivity index (χ3n) is 1.46. The molecule has 1 atom stereocenters. The first kappa shape index (κ1) is 14.8. The maximum Gasteiger partial charge on any atom is 0.476 e. The summed E-state index contributed by atoms with van der Waals surface area (Å²) in [5.74, 6) is 0. The van der Waals surface area contributed by atoms with Crippen LogP contribution in [0.2, 0.25) is 0 Å². The van der Waals surface area contributed by atoms with E-state index in [0.717, 1.165) is 0 Å². The number of hydrogen-bond acceptors (Lipinski definition) is 3. The fraction of sp³-hybridized carbons (Fsp3) is 0.429. The zero-order chi connectivity index (χ0) is 12.1. The van der Waals surface area contributed by atoms with Gasteiger partial charge in [0.2, 0.25) is 0 Å². The lowest BCUT2D eigenvalue weighted by Gasteiger charge is -2.12. The van der Waals surface area contributed by atoms with Gasteiger partial charge in [0.25, 0.3) is 0 Å². The molecule has 0 amide bonds. The van der Waals surface area contributed by atoms with Crippen molar-refractivity contribution in [1.82, 2.24) is 0 Å². The van der Waals surface area contributed by atoms with Gasteiger partial charge in [0, 0.05) is 0 Å². The smallest absolute Gasteiger partial charge is 0.324 e. The monoisotopic (exact) mass is 256 g/mol. The quantitative estimate of drug-likeness (QED) is 0.474. The van der Waals surface area contributed by atoms with Crippen molar-refractivity contribution in [2.75, 3.05) is 6.16 Å². The minimum absolute atomic E-state index is 0.249. The molecule has 0 aliphatic rings. The first-order valence-corrected chi connectivity index (χ1v) is 7.34. The van der Waals surface area contributed by atoms with Gasteiger partial charge in [0.05, 0.1) is 6.16 Å². The van der Waals surface area contributed by atoms with Crippen molar-refractivity contribution >= 4 is 15.4 Å². The first-order chi connectivity index (χ1) is 6.66. The molecule has 0 aromatic heterocycles. The Morgan fingerprint density at radius 2 is 1.87 bits per heavy atom. The Bertz CT molecular complexity index is 330. The van der Waals surface area contributed by atoms with Gasteiger partial charge in [-0.05, 0) is 12.8 Å². The maximum atomic E-state index is 11.1. The van der Waals surface area contributed by atoms with Crippen molar-refractivity contribution in [1.29, 1.82) is 0 Å². The van der Waals surface area contributed by atoms with E-state index < -0.39 is 15.4 Å². The Balaban J connectivity index is 4.06. The van der Waals surface area contributed by atoms with E-state index in [1.807, 2.05) is 0 Å². The number of hydrogen-bond donors (Lipinski definition) is 3. The van der Waals surface area contributed by atoms with Crippen LogP contribution >= 0.6 is 15.4 Å². The van der Waals surface area contributed by atoms with Crippen LogP contribution in [0.3, 0.4) is 0 Å². The molecule has 0 aromatic rings. The third-order valence-corrected chi connectivity index (χ3v) is 4.21. The second kappa shape index (κ2) is 5.75. The van der Waals surface area contributed by atoms with Gasteiger partial charge in [-0.2, -0.15) is 0 Å². The second-order valence-electron chi connectivity index (χ2n) is 2.90. The van der Waals surface area contributed by atoms with E-state index in [0.29, 0.717) is 12.0 Å². The Morgan fingerprint density at radius 1 is 1.33 bits per heavy atom. The van der Waals surface area contributed by atoms with Crippen LogP contribution in [0.15, 0.2) is 24.8 Å². The molecular formula is C7H14O6P2. The molecule has 6 nitrogen and oxygen atoms in total. The van der Waals surface area contributed by atoms with E-state index >= 15 is 0 Å². The molecule has 0 bridgehead atoms. The minimum Gasteiger partial charge on any atom is -0.324 e. The predicted octanol–water partition coefficient (Wildman–Crippen LogP) is 1.80. The van der Waals surface area contributed by atoms with E-state index in [9.17, 15) is 9.13 Å². The normalized spacial score (nSPS) is 15.7. The molecule has 3 N–H and O–H groups in total. The Kier molecular flexibility index (Phi) is 5.67. The molecule has 0 aliphatic carbocycles. The Labute approximate surface area is 88.1 Å². The van der Waals surface area contributed by atoms with Crippen LogP contribution in [-0.2, 0) is 13.4 Å². The molecule has 0 saturated heterocycles. The van der Waals surface area contributed by atoms with E-state index in [4.69, 9.17) is 14.7 Å². The fourth-order valence-corrected chi connectivity index (χ4v) is 3.03. The van der Waals surface area contributed by atoms with Crippen molar-refractivity contribution in [2.24, 2.45) is 0 Å². The molecular weight excluding hydrogens is 242 g/mol. The average Bonchev–Trinajstić information content (AvgIpc) is 1.98. The summed E-state index contributed by atoms with van der Waals surface area (Å²) in [6.45, 7) is 7.03. The summed E-state index contributed by atoms with van der Waals surface area (Å²) in [5.41, 5.74) is 0.686. The fourth-order valence-electron chi connectivity index (χ4n) is 0.815. The molecule has 0 radical (unpaired) electrons. The lowest BCUT2D eigenvalue weighted by molar-refractivity contribution is 0.263. The van der Waals surface area contributed by atoms with Crippen molar-refractivity contribution in [3.05, 3.63) is 24.8 Å². The van der Waals surface area contributed by atoms with Crippen LogP contribution in [0, 0.1) is 0 Å². The first-order valence-electron chi connectivity index (χ1n) is 4.05. The van der Waals surface area contributed by atoms with Crippen LogP contribution in [-0.4, -0.2) is 20.8 Å². The van der Waals surface area contributed by atoms with E-state index in [2.05, 4.69) is 17.5 Å². The van der Waals surface area contributed by atoms with Crippen molar-refractivity contribution in [3.63, 3.8) is 0 Å². The summed E-state index contributed by atoms with van der Waals surface area (Å²) >= 11 is 0. The van der Waals surface area contributed by atoms with Gasteiger partial charge in [-0.3, -0.25) is 4.57 Å². The lowest BCUT2D eigenvalue weighted by atomic mass is 10.2. The highest BCUT2D eigenvalue weighted by Crippen LogP contribution is 2.57. The largest absolute Gasteiger partial charge is 0.476 e. The second-order valence-corrected chi connectivity index (χ2v) is 6.26. The van der Waals surface area contributed by atoms with Crippen molar-refractivity contribution in [3.8, 4) is 0 Å². The molecule has 0 aliphatic heterocycles. The van der Waals surface area contributed by atoms with Crippen LogP contribution in [0.25, 0.3) is 0 Å². The summed E-state index contributed by atoms with van der Waals surface area (Å²) in [4.78, 5) is 25.7. The van der Waals surface area contributed by atoms with Gasteiger partial charge in [-0.25, -0.2) is 8.88 Å². The lowest BCUT2D eigenvalue weighted by Crippen LogP contribution is -1.94. The number of allylic oxidation sites excluding steroid dienone is 2. The highest BCUT2D eigenvalue weighted by Gasteiger charge is 2.29. The summed E-state index contributed by atoms with van der Waals surface area (Å²) < 4.78 is 25.2. The molecule has 0 heterocycles. The number of rotatable bonds is 7. The van der Waals surface area contributed by atoms with Crippen LogP contribution in [0.5, 0.6) is 0 Å². The van der Waals surface area contributed by atoms with E-state index in [1.165, 1.54) is 6.08 Å². The average molecular weight is 256 g/mol. The van der Waals surface area contributed by atoms with Gasteiger partial charge in [-0.15, -0.1) is 0 Å². The Hall–Kier alpha value is -0.220. The highest BCUT2D eigenvalue weighted by molar-refractivity contribution is 7.63. The molecule has 88 valence electrons. The van der Waals surface area contributed by atoms with Gasteiger partial charge in [-0.1, -0.05) is 24.8 Å². The van der Waals surface area contributed by atoms with Crippen molar-refractivity contribution < 1.29 is 28.1 Å². The molecule has 0 fully saturated rings. The molecule has 0 spiro atoms. The van der Waals surface area contributed by atoms with Gasteiger partial charge in [0.15, 0.2) is 0 Å². The SMILES string of the molecule is C=CC(=C)CCCP(=O)(O)OP(=O)(O)O. The van der Waals surface area contributed by atoms with Gasteiger partial charge >= 0.3 is 15.4 Å². The molecule has 1 unspecified atom stereocenters. The highest BCUT2D eigenvalue weighted by atomic mass is 31.3. The standard InChI is InChI=1S/C7H14O6P2/c1-3-7(2)5-4-6-14(8,9)13-15(10,11)12/h3H,1-2,4-6H2,(H,8,9)(H2,10,11,12). The molecule has 0 aromatic carbocycles. The van der Waals surface area contributed by atoms with Crippen LogP contribution in [0.4, 0.5) is 0 Å². The zero-order valence-corrected chi connectivity index (χ0v) is 9.86. The maximum absolute atomic E-state index is 11.1. The minimum atomic E-state index is -4.91. The Morgan fingerprint density at radius 3 is 2.27 bits per heavy atom. The molecule has 0 rings (SSSR count). The molecule has 8 heteroatoms.